The first kappa shape index (κ1) is 24.4. The molecule has 1 aliphatic rings. The monoisotopic (exact) mass is 457 g/mol. The van der Waals surface area contributed by atoms with Crippen molar-refractivity contribution in [3.8, 4) is 0 Å². The maximum Gasteiger partial charge on any atom is 0.168 e. The maximum absolute atomic E-state index is 11.5. The standard InChI is InChI=1S/C30H35NO3/c1-3-30(4-2)33-22-27(34-30)29(32)26(21-20-23-14-8-5-9-15-23)31-28(24-16-10-6-11-17-24)25-18-12-7-13-19-25/h5-21,26-29,31-32H,3-4,22H2,1-2H3/b21-20+/t26-,27+,29-/m0/s1. The molecule has 0 aliphatic carbocycles. The summed E-state index contributed by atoms with van der Waals surface area (Å²) in [4.78, 5) is 0. The zero-order chi connectivity index (χ0) is 23.8. The molecule has 0 radical (unpaired) electrons. The van der Waals surface area contributed by atoms with Crippen LogP contribution in [0.15, 0.2) is 97.1 Å². The summed E-state index contributed by atoms with van der Waals surface area (Å²) in [5.41, 5.74) is 3.36. The molecule has 3 aromatic carbocycles. The van der Waals surface area contributed by atoms with Gasteiger partial charge in [0, 0.05) is 0 Å². The molecule has 4 heteroatoms. The lowest BCUT2D eigenvalue weighted by Crippen LogP contribution is -2.48. The minimum Gasteiger partial charge on any atom is -0.388 e. The molecular formula is C30H35NO3. The quantitative estimate of drug-likeness (QED) is 0.408. The molecule has 0 bridgehead atoms. The number of hydrogen-bond acceptors (Lipinski definition) is 4. The van der Waals surface area contributed by atoms with Crippen LogP contribution in [0.5, 0.6) is 0 Å². The van der Waals surface area contributed by atoms with Crippen LogP contribution in [0.4, 0.5) is 0 Å². The van der Waals surface area contributed by atoms with Crippen LogP contribution in [0.3, 0.4) is 0 Å². The number of benzene rings is 3. The lowest BCUT2D eigenvalue weighted by molar-refractivity contribution is -0.182. The smallest absolute Gasteiger partial charge is 0.168 e. The van der Waals surface area contributed by atoms with E-state index < -0.39 is 18.0 Å². The fourth-order valence-electron chi connectivity index (χ4n) is 4.51. The summed E-state index contributed by atoms with van der Waals surface area (Å²) in [6.45, 7) is 4.50. The van der Waals surface area contributed by atoms with Crippen LogP contribution in [-0.2, 0) is 9.47 Å². The van der Waals surface area contributed by atoms with E-state index in [1.807, 2.05) is 60.7 Å². The molecule has 1 aliphatic heterocycles. The van der Waals surface area contributed by atoms with Gasteiger partial charge in [-0.3, -0.25) is 5.32 Å². The van der Waals surface area contributed by atoms with E-state index in [1.54, 1.807) is 0 Å². The Kier molecular flexibility index (Phi) is 8.30. The molecule has 0 spiro atoms. The lowest BCUT2D eigenvalue weighted by atomic mass is 9.95. The van der Waals surface area contributed by atoms with Gasteiger partial charge in [0.2, 0.25) is 0 Å². The van der Waals surface area contributed by atoms with Crippen molar-refractivity contribution in [2.75, 3.05) is 6.61 Å². The molecule has 4 rings (SSSR count). The molecule has 0 saturated carbocycles. The predicted molar refractivity (Wildman–Crippen MR) is 137 cm³/mol. The first-order valence-electron chi connectivity index (χ1n) is 12.2. The highest BCUT2D eigenvalue weighted by molar-refractivity contribution is 5.50. The fraction of sp³-hybridized carbons (Fsp3) is 0.333. The van der Waals surface area contributed by atoms with Crippen molar-refractivity contribution in [3.63, 3.8) is 0 Å². The largest absolute Gasteiger partial charge is 0.388 e. The Morgan fingerprint density at radius 2 is 1.41 bits per heavy atom. The maximum atomic E-state index is 11.5. The summed E-state index contributed by atoms with van der Waals surface area (Å²) < 4.78 is 12.3. The Morgan fingerprint density at radius 3 is 1.91 bits per heavy atom. The topological polar surface area (TPSA) is 50.7 Å². The van der Waals surface area contributed by atoms with E-state index in [-0.39, 0.29) is 12.1 Å². The minimum atomic E-state index is -0.783. The van der Waals surface area contributed by atoms with Crippen LogP contribution in [0, 0.1) is 0 Å². The molecule has 1 heterocycles. The summed E-state index contributed by atoms with van der Waals surface area (Å²) in [7, 11) is 0. The molecule has 1 fully saturated rings. The highest BCUT2D eigenvalue weighted by Gasteiger charge is 2.43. The number of hydrogen-bond donors (Lipinski definition) is 2. The zero-order valence-electron chi connectivity index (χ0n) is 20.0. The van der Waals surface area contributed by atoms with Crippen LogP contribution in [-0.4, -0.2) is 35.8 Å². The van der Waals surface area contributed by atoms with Crippen molar-refractivity contribution in [2.24, 2.45) is 0 Å². The van der Waals surface area contributed by atoms with Crippen molar-refractivity contribution in [2.45, 2.75) is 56.8 Å². The van der Waals surface area contributed by atoms with E-state index >= 15 is 0 Å². The molecule has 0 amide bonds. The van der Waals surface area contributed by atoms with E-state index in [0.717, 1.165) is 29.5 Å². The summed E-state index contributed by atoms with van der Waals surface area (Å²) in [5, 5.41) is 15.3. The second-order valence-electron chi connectivity index (χ2n) is 8.79. The van der Waals surface area contributed by atoms with Crippen molar-refractivity contribution >= 4 is 6.08 Å². The van der Waals surface area contributed by atoms with Crippen LogP contribution in [0.25, 0.3) is 6.08 Å². The fourth-order valence-corrected chi connectivity index (χ4v) is 4.51. The van der Waals surface area contributed by atoms with Gasteiger partial charge in [0.15, 0.2) is 5.79 Å². The van der Waals surface area contributed by atoms with Gasteiger partial charge >= 0.3 is 0 Å². The van der Waals surface area contributed by atoms with Gasteiger partial charge in [0.05, 0.1) is 18.7 Å². The van der Waals surface area contributed by atoms with Gasteiger partial charge in [0.1, 0.15) is 12.2 Å². The molecular weight excluding hydrogens is 422 g/mol. The molecule has 178 valence electrons. The van der Waals surface area contributed by atoms with Crippen LogP contribution in [0.2, 0.25) is 0 Å². The Hall–Kier alpha value is -2.76. The highest BCUT2D eigenvalue weighted by Crippen LogP contribution is 2.33. The number of rotatable bonds is 10. The van der Waals surface area contributed by atoms with Crippen molar-refractivity contribution in [1.82, 2.24) is 5.32 Å². The van der Waals surface area contributed by atoms with Crippen molar-refractivity contribution in [3.05, 3.63) is 114 Å². The normalized spacial score (nSPS) is 19.5. The second kappa shape index (κ2) is 11.6. The number of aliphatic hydroxyl groups excluding tert-OH is 1. The van der Waals surface area contributed by atoms with E-state index in [1.165, 1.54) is 0 Å². The summed E-state index contributed by atoms with van der Waals surface area (Å²) in [6, 6.07) is 30.4. The van der Waals surface area contributed by atoms with Gasteiger partial charge in [0.25, 0.3) is 0 Å². The van der Waals surface area contributed by atoms with Gasteiger partial charge in [-0.15, -0.1) is 0 Å². The first-order chi connectivity index (χ1) is 16.6. The number of aliphatic hydroxyl groups is 1. The Labute approximate surface area is 203 Å². The Bertz CT molecular complexity index is 979. The van der Waals surface area contributed by atoms with Gasteiger partial charge < -0.3 is 14.6 Å². The van der Waals surface area contributed by atoms with Crippen LogP contribution in [0.1, 0.15) is 49.4 Å². The van der Waals surface area contributed by atoms with E-state index in [4.69, 9.17) is 9.47 Å². The van der Waals surface area contributed by atoms with Gasteiger partial charge in [-0.1, -0.05) is 117 Å². The Morgan fingerprint density at radius 1 is 0.882 bits per heavy atom. The molecule has 0 unspecified atom stereocenters. The third kappa shape index (κ3) is 5.83. The van der Waals surface area contributed by atoms with E-state index in [0.29, 0.717) is 6.61 Å². The highest BCUT2D eigenvalue weighted by atomic mass is 16.7. The molecule has 1 saturated heterocycles. The average Bonchev–Trinajstić information content (AvgIpc) is 3.35. The van der Waals surface area contributed by atoms with Crippen LogP contribution < -0.4 is 5.32 Å². The van der Waals surface area contributed by atoms with Gasteiger partial charge in [-0.2, -0.15) is 0 Å². The number of ether oxygens (including phenoxy) is 2. The van der Waals surface area contributed by atoms with Crippen molar-refractivity contribution in [1.29, 1.82) is 0 Å². The SMILES string of the molecule is CCC1(CC)OC[C@H]([C@@H](O)[C@H](/C=C/c2ccccc2)NC(c2ccccc2)c2ccccc2)O1. The molecule has 3 aromatic rings. The van der Waals surface area contributed by atoms with E-state index in [9.17, 15) is 5.11 Å². The second-order valence-corrected chi connectivity index (χ2v) is 8.79. The molecule has 34 heavy (non-hydrogen) atoms. The third-order valence-corrected chi connectivity index (χ3v) is 6.62. The molecule has 2 N–H and O–H groups in total. The van der Waals surface area contributed by atoms with E-state index in [2.05, 4.69) is 61.6 Å². The Balaban J connectivity index is 1.64. The van der Waals surface area contributed by atoms with Crippen LogP contribution >= 0.6 is 0 Å². The molecule has 3 atom stereocenters. The van der Waals surface area contributed by atoms with Gasteiger partial charge in [-0.05, 0) is 29.5 Å². The molecule has 4 nitrogen and oxygen atoms in total. The minimum absolute atomic E-state index is 0.0908. The zero-order valence-corrected chi connectivity index (χ0v) is 20.0. The average molecular weight is 458 g/mol. The number of nitrogens with one attached hydrogen (secondary N) is 1. The van der Waals surface area contributed by atoms with Crippen molar-refractivity contribution < 1.29 is 14.6 Å². The first-order valence-corrected chi connectivity index (χ1v) is 12.2. The lowest BCUT2D eigenvalue weighted by Gasteiger charge is -2.31. The predicted octanol–water partition coefficient (Wildman–Crippen LogP) is 5.74. The third-order valence-electron chi connectivity index (χ3n) is 6.62. The van der Waals surface area contributed by atoms with Gasteiger partial charge in [-0.25, -0.2) is 0 Å². The summed E-state index contributed by atoms with van der Waals surface area (Å²) in [6.07, 6.45) is 4.40. The summed E-state index contributed by atoms with van der Waals surface area (Å²) in [5.74, 6) is -0.613. The summed E-state index contributed by atoms with van der Waals surface area (Å²) >= 11 is 0. The molecule has 0 aromatic heterocycles.